The van der Waals surface area contributed by atoms with Gasteiger partial charge in [-0.2, -0.15) is 14.8 Å². The molecule has 44 heavy (non-hydrogen) atoms. The molecule has 4 aromatic rings. The largest absolute Gasteiger partial charge is 0.573 e. The zero-order chi connectivity index (χ0) is 31.5. The van der Waals surface area contributed by atoms with Crippen LogP contribution in [0, 0.1) is 0 Å². The summed E-state index contributed by atoms with van der Waals surface area (Å²) in [6.07, 6.45) is -1.58. The molecule has 0 radical (unpaired) electrons. The number of rotatable bonds is 11. The summed E-state index contributed by atoms with van der Waals surface area (Å²) in [6, 6.07) is 20.1. The number of hydrazone groups is 1. The fourth-order valence-electron chi connectivity index (χ4n) is 4.43. The second kappa shape index (κ2) is 12.7. The van der Waals surface area contributed by atoms with Crippen LogP contribution in [0.2, 0.25) is 0 Å². The average molecular weight is 643 g/mol. The normalized spacial score (nSPS) is 13.8. The van der Waals surface area contributed by atoms with Crippen LogP contribution in [-0.2, 0) is 16.4 Å². The van der Waals surface area contributed by atoms with Gasteiger partial charge in [-0.15, -0.1) is 18.3 Å². The number of halogens is 3. The van der Waals surface area contributed by atoms with Crippen LogP contribution < -0.4 is 14.9 Å². The highest BCUT2D eigenvalue weighted by atomic mass is 32.2. The lowest BCUT2D eigenvalue weighted by Crippen LogP contribution is -2.20. The second-order valence-corrected chi connectivity index (χ2v) is 13.0. The molecule has 0 bridgehead atoms. The zero-order valence-electron chi connectivity index (χ0n) is 23.7. The molecule has 14 heteroatoms. The molecule has 2 N–H and O–H groups in total. The van der Waals surface area contributed by atoms with Gasteiger partial charge in [0.1, 0.15) is 10.7 Å². The molecule has 1 aliphatic carbocycles. The van der Waals surface area contributed by atoms with E-state index in [9.17, 15) is 21.6 Å². The van der Waals surface area contributed by atoms with Gasteiger partial charge in [-0.1, -0.05) is 74.6 Å². The summed E-state index contributed by atoms with van der Waals surface area (Å²) in [5, 5.41) is 8.18. The molecule has 1 fully saturated rings. The van der Waals surface area contributed by atoms with Crippen molar-refractivity contribution < 1.29 is 26.3 Å². The van der Waals surface area contributed by atoms with Gasteiger partial charge in [-0.3, -0.25) is 10.1 Å². The van der Waals surface area contributed by atoms with E-state index in [1.54, 1.807) is 30.5 Å². The first-order valence-electron chi connectivity index (χ1n) is 13.7. The molecule has 1 aliphatic rings. The molecular formula is C30H29F3N6O3S2. The summed E-state index contributed by atoms with van der Waals surface area (Å²) >= 11 is 5.48. The lowest BCUT2D eigenvalue weighted by atomic mass is 9.95. The first-order chi connectivity index (χ1) is 20.9. The molecular weight excluding hydrogens is 613 g/mol. The van der Waals surface area contributed by atoms with E-state index < -0.39 is 27.4 Å². The van der Waals surface area contributed by atoms with Crippen LogP contribution in [0.4, 0.5) is 19.1 Å². The van der Waals surface area contributed by atoms with E-state index in [2.05, 4.69) is 56.0 Å². The Labute approximate surface area is 258 Å². The number of benzene rings is 3. The van der Waals surface area contributed by atoms with Gasteiger partial charge in [0.05, 0.1) is 17.2 Å². The van der Waals surface area contributed by atoms with Gasteiger partial charge in [-0.05, 0) is 59.7 Å². The number of hydrogen-bond acceptors (Lipinski definition) is 7. The third-order valence-corrected chi connectivity index (χ3v) is 8.77. The van der Waals surface area contributed by atoms with Gasteiger partial charge in [0.25, 0.3) is 0 Å². The Balaban J connectivity index is 1.31. The van der Waals surface area contributed by atoms with E-state index in [4.69, 9.17) is 12.2 Å². The maximum absolute atomic E-state index is 12.7. The topological polar surface area (TPSA) is 110 Å². The van der Waals surface area contributed by atoms with Gasteiger partial charge in [0.2, 0.25) is 16.0 Å². The monoisotopic (exact) mass is 642 g/mol. The molecule has 0 spiro atoms. The smallest absolute Gasteiger partial charge is 0.406 e. The Morgan fingerprint density at radius 1 is 1.09 bits per heavy atom. The number of alkyl halides is 3. The van der Waals surface area contributed by atoms with Crippen molar-refractivity contribution in [1.29, 1.82) is 0 Å². The van der Waals surface area contributed by atoms with Crippen LogP contribution in [0.1, 0.15) is 49.3 Å². The van der Waals surface area contributed by atoms with Gasteiger partial charge in [0.15, 0.2) is 5.82 Å². The number of nitrogens with one attached hydrogen (secondary N) is 2. The summed E-state index contributed by atoms with van der Waals surface area (Å²) < 4.78 is 70.8. The minimum atomic E-state index is -4.84. The molecule has 0 atom stereocenters. The van der Waals surface area contributed by atoms with Crippen molar-refractivity contribution in [3.63, 3.8) is 0 Å². The van der Waals surface area contributed by atoms with Crippen molar-refractivity contribution in [3.8, 4) is 22.8 Å². The Morgan fingerprint density at radius 2 is 1.77 bits per heavy atom. The van der Waals surface area contributed by atoms with Crippen molar-refractivity contribution in [3.05, 3.63) is 89.5 Å². The highest BCUT2D eigenvalue weighted by Gasteiger charge is 2.37. The molecule has 1 heterocycles. The van der Waals surface area contributed by atoms with Crippen LogP contribution in [0.5, 0.6) is 5.75 Å². The number of anilines is 1. The van der Waals surface area contributed by atoms with E-state index in [-0.39, 0.29) is 17.5 Å². The van der Waals surface area contributed by atoms with Crippen LogP contribution >= 0.6 is 12.2 Å². The van der Waals surface area contributed by atoms with Crippen molar-refractivity contribution >= 4 is 39.4 Å². The van der Waals surface area contributed by atoms with Crippen molar-refractivity contribution in [1.82, 2.24) is 20.2 Å². The molecule has 0 aliphatic heterocycles. The summed E-state index contributed by atoms with van der Waals surface area (Å²) in [4.78, 5) is 4.98. The zero-order valence-corrected chi connectivity index (χ0v) is 25.4. The maximum Gasteiger partial charge on any atom is 0.573 e. The molecule has 3 aromatic carbocycles. The average Bonchev–Trinajstić information content (AvgIpc) is 3.75. The minimum Gasteiger partial charge on any atom is -0.406 e. The number of thiocarbonyl (C=S) groups is 1. The lowest BCUT2D eigenvalue weighted by Gasteiger charge is -2.12. The first-order valence-corrected chi connectivity index (χ1v) is 15.7. The fourth-order valence-corrected chi connectivity index (χ4v) is 5.94. The molecule has 5 rings (SSSR count). The van der Waals surface area contributed by atoms with E-state index >= 15 is 0 Å². The van der Waals surface area contributed by atoms with E-state index in [0.29, 0.717) is 35.7 Å². The third kappa shape index (κ3) is 7.99. The SMILES string of the molecule is CC(C)c1ccccc1CC(=S)NN=Cc1ccc(-c2nc(NS(=O)(=O)C3CC3)n(-c3ccc(OC(F)(F)F)cc3)n2)cc1. The Morgan fingerprint density at radius 3 is 2.41 bits per heavy atom. The van der Waals surface area contributed by atoms with E-state index in [1.165, 1.54) is 22.4 Å². The fraction of sp³-hybridized carbons (Fsp3) is 0.267. The van der Waals surface area contributed by atoms with E-state index in [1.807, 2.05) is 12.1 Å². The van der Waals surface area contributed by atoms with Crippen molar-refractivity contribution in [2.75, 3.05) is 4.72 Å². The van der Waals surface area contributed by atoms with Crippen LogP contribution in [-0.4, -0.2) is 46.0 Å². The third-order valence-electron chi connectivity index (χ3n) is 6.72. The molecule has 0 unspecified atom stereocenters. The Hall–Kier alpha value is -4.30. The lowest BCUT2D eigenvalue weighted by molar-refractivity contribution is -0.274. The van der Waals surface area contributed by atoms with Gasteiger partial charge >= 0.3 is 6.36 Å². The molecule has 0 saturated heterocycles. The summed E-state index contributed by atoms with van der Waals surface area (Å²) in [6.45, 7) is 4.28. The first kappa shape index (κ1) is 31.1. The summed E-state index contributed by atoms with van der Waals surface area (Å²) in [5.74, 6) is 0.0823. The highest BCUT2D eigenvalue weighted by molar-refractivity contribution is 7.93. The molecule has 9 nitrogen and oxygen atoms in total. The highest BCUT2D eigenvalue weighted by Crippen LogP contribution is 2.31. The van der Waals surface area contributed by atoms with E-state index in [0.717, 1.165) is 23.3 Å². The maximum atomic E-state index is 12.7. The second-order valence-electron chi connectivity index (χ2n) is 10.5. The van der Waals surface area contributed by atoms with Crippen LogP contribution in [0.25, 0.3) is 17.1 Å². The molecule has 0 amide bonds. The number of nitrogens with zero attached hydrogens (tertiary/aromatic N) is 4. The quantitative estimate of drug-likeness (QED) is 0.111. The molecule has 230 valence electrons. The van der Waals surface area contributed by atoms with Gasteiger partial charge < -0.3 is 4.74 Å². The number of aromatic nitrogens is 3. The van der Waals surface area contributed by atoms with Crippen molar-refractivity contribution in [2.45, 2.75) is 50.6 Å². The Bertz CT molecular complexity index is 1770. The summed E-state index contributed by atoms with van der Waals surface area (Å²) in [5.41, 5.74) is 6.93. The standard InChI is InChI=1S/C30H29F3N6O3S2/c1-19(2)26-6-4-3-5-22(26)17-27(43)36-34-18-20-7-9-21(10-8-20)28-35-29(38-44(40,41)25-15-16-25)39(37-28)23-11-13-24(14-12-23)42-30(31,32)33/h3-14,18-19,25H,15-17H2,1-2H3,(H,36,43)(H,35,37,38). The number of ether oxygens (including phenoxy) is 1. The van der Waals surface area contributed by atoms with Gasteiger partial charge in [-0.25, -0.2) is 8.42 Å². The molecule has 1 aromatic heterocycles. The van der Waals surface area contributed by atoms with Crippen LogP contribution in [0.15, 0.2) is 77.9 Å². The predicted octanol–water partition coefficient (Wildman–Crippen LogP) is 6.35. The van der Waals surface area contributed by atoms with Crippen LogP contribution in [0.3, 0.4) is 0 Å². The number of sulfonamides is 1. The number of hydrogen-bond donors (Lipinski definition) is 2. The predicted molar refractivity (Wildman–Crippen MR) is 167 cm³/mol. The van der Waals surface area contributed by atoms with Gasteiger partial charge in [0, 0.05) is 12.0 Å². The van der Waals surface area contributed by atoms with Crippen molar-refractivity contribution in [2.24, 2.45) is 5.10 Å². The minimum absolute atomic E-state index is 0.0845. The summed E-state index contributed by atoms with van der Waals surface area (Å²) in [7, 11) is -3.70. The Kier molecular flexibility index (Phi) is 9.02. The molecule has 1 saturated carbocycles.